The van der Waals surface area contributed by atoms with Crippen LogP contribution in [0.15, 0.2) is 65.8 Å². The summed E-state index contributed by atoms with van der Waals surface area (Å²) in [6.07, 6.45) is 14.8. The number of aromatic nitrogens is 2. The normalized spacial score (nSPS) is 13.0. The molecule has 24 heavy (non-hydrogen) atoms. The van der Waals surface area contributed by atoms with Crippen molar-refractivity contribution in [2.45, 2.75) is 26.8 Å². The Bertz CT molecular complexity index is 636. The minimum Gasteiger partial charge on any atom is -0.497 e. The monoisotopic (exact) mass is 328 g/mol. The lowest BCUT2D eigenvalue weighted by Gasteiger charge is -2.04. The van der Waals surface area contributed by atoms with Gasteiger partial charge in [-0.1, -0.05) is 31.7 Å². The fourth-order valence-corrected chi connectivity index (χ4v) is 1.92. The number of nitrogens with zero attached hydrogens (tertiary/aromatic N) is 3. The van der Waals surface area contributed by atoms with E-state index in [0.717, 1.165) is 36.6 Å². The largest absolute Gasteiger partial charge is 0.497 e. The number of methoxy groups -OCH3 is 1. The van der Waals surface area contributed by atoms with E-state index in [2.05, 4.69) is 34.9 Å². The summed E-state index contributed by atoms with van der Waals surface area (Å²) >= 11 is 0. The highest BCUT2D eigenvalue weighted by Gasteiger charge is 1.95. The first-order chi connectivity index (χ1) is 11.6. The molecule has 0 unspecified atom stereocenters. The van der Waals surface area contributed by atoms with E-state index in [0.29, 0.717) is 5.76 Å². The number of nitrogens with one attached hydrogen (secondary N) is 1. The van der Waals surface area contributed by atoms with Gasteiger partial charge in [-0.2, -0.15) is 0 Å². The fraction of sp³-hybridized carbons (Fsp3) is 0.368. The molecule has 0 saturated carbocycles. The molecule has 0 aliphatic heterocycles. The van der Waals surface area contributed by atoms with Gasteiger partial charge in [-0.05, 0) is 31.1 Å². The molecule has 0 bridgehead atoms. The first-order valence-corrected chi connectivity index (χ1v) is 8.07. The number of allylic oxidation sites excluding steroid dienone is 5. The number of ether oxygens (including phenoxy) is 1. The van der Waals surface area contributed by atoms with E-state index < -0.39 is 0 Å². The van der Waals surface area contributed by atoms with Gasteiger partial charge >= 0.3 is 0 Å². The third-order valence-electron chi connectivity index (χ3n) is 3.21. The van der Waals surface area contributed by atoms with Crippen LogP contribution in [0.2, 0.25) is 0 Å². The number of aliphatic imine (C=N–C) groups is 1. The van der Waals surface area contributed by atoms with Crippen molar-refractivity contribution in [1.29, 1.82) is 0 Å². The maximum atomic E-state index is 5.15. The summed E-state index contributed by atoms with van der Waals surface area (Å²) in [5.74, 6) is 1.46. The van der Waals surface area contributed by atoms with Crippen LogP contribution >= 0.6 is 0 Å². The van der Waals surface area contributed by atoms with Gasteiger partial charge in [0.05, 0.1) is 19.1 Å². The van der Waals surface area contributed by atoms with Crippen molar-refractivity contribution in [3.8, 4) is 0 Å². The molecular weight excluding hydrogens is 300 g/mol. The van der Waals surface area contributed by atoms with Crippen LogP contribution in [0, 0.1) is 6.92 Å². The maximum Gasteiger partial charge on any atom is 0.120 e. The van der Waals surface area contributed by atoms with E-state index in [1.807, 2.05) is 48.3 Å². The first kappa shape index (κ1) is 19.5. The number of imidazole rings is 1. The van der Waals surface area contributed by atoms with Gasteiger partial charge < -0.3 is 14.6 Å². The van der Waals surface area contributed by atoms with E-state index >= 15 is 0 Å². The van der Waals surface area contributed by atoms with Crippen LogP contribution in [0.5, 0.6) is 0 Å². The van der Waals surface area contributed by atoms with Crippen LogP contribution in [0.25, 0.3) is 0 Å². The highest BCUT2D eigenvalue weighted by molar-refractivity contribution is 5.93. The summed E-state index contributed by atoms with van der Waals surface area (Å²) in [7, 11) is 3.39. The standard InChI is InChI=1S/C19H28N4O/c1-6-11-21-19(20-4)10-9-18(13-17(3)24-5)8-7-12-23-14-16(2)22-15-23/h7-10,13-15H,3,6,11-12H2,1-2,4-5H3,(H,20,21)/b8-7-,10-9+,18-13+. The summed E-state index contributed by atoms with van der Waals surface area (Å²) in [6, 6.07) is 0. The van der Waals surface area contributed by atoms with Crippen LogP contribution < -0.4 is 5.32 Å². The lowest BCUT2D eigenvalue weighted by Crippen LogP contribution is -2.21. The second kappa shape index (κ2) is 11.0. The van der Waals surface area contributed by atoms with Crippen molar-refractivity contribution in [2.75, 3.05) is 20.7 Å². The Morgan fingerprint density at radius 3 is 2.79 bits per heavy atom. The molecule has 1 aromatic heterocycles. The molecule has 0 spiro atoms. The zero-order valence-electron chi connectivity index (χ0n) is 15.1. The highest BCUT2D eigenvalue weighted by Crippen LogP contribution is 2.06. The molecule has 0 radical (unpaired) electrons. The van der Waals surface area contributed by atoms with E-state index in [4.69, 9.17) is 4.74 Å². The number of aryl methyl sites for hydroxylation is 1. The van der Waals surface area contributed by atoms with Crippen LogP contribution in [-0.4, -0.2) is 36.1 Å². The second-order valence-electron chi connectivity index (χ2n) is 5.30. The Hall–Kier alpha value is -2.56. The average Bonchev–Trinajstić information content (AvgIpc) is 2.99. The summed E-state index contributed by atoms with van der Waals surface area (Å²) in [5.41, 5.74) is 2.00. The van der Waals surface area contributed by atoms with Crippen LogP contribution in [-0.2, 0) is 11.3 Å². The quantitative estimate of drug-likeness (QED) is 0.327. The third-order valence-corrected chi connectivity index (χ3v) is 3.21. The van der Waals surface area contributed by atoms with Crippen LogP contribution in [0.4, 0.5) is 0 Å². The van der Waals surface area contributed by atoms with E-state index in [9.17, 15) is 0 Å². The second-order valence-corrected chi connectivity index (χ2v) is 5.30. The molecule has 1 heterocycles. The lowest BCUT2D eigenvalue weighted by atomic mass is 10.2. The number of hydrogen-bond acceptors (Lipinski definition) is 3. The van der Waals surface area contributed by atoms with Gasteiger partial charge in [-0.3, -0.25) is 4.99 Å². The van der Waals surface area contributed by atoms with Crippen LogP contribution in [0.3, 0.4) is 0 Å². The molecule has 0 aliphatic rings. The van der Waals surface area contributed by atoms with Crippen molar-refractivity contribution in [3.05, 3.63) is 66.5 Å². The van der Waals surface area contributed by atoms with Gasteiger partial charge in [0, 0.05) is 26.3 Å². The Morgan fingerprint density at radius 2 is 2.21 bits per heavy atom. The minimum atomic E-state index is 0.606. The Balaban J connectivity index is 2.80. The molecule has 130 valence electrons. The molecule has 1 N–H and O–H groups in total. The Kier molecular flexibility index (Phi) is 8.97. The fourth-order valence-electron chi connectivity index (χ4n) is 1.92. The molecule has 0 fully saturated rings. The number of amidine groups is 1. The van der Waals surface area contributed by atoms with Crippen molar-refractivity contribution >= 4 is 5.84 Å². The zero-order valence-corrected chi connectivity index (χ0v) is 15.1. The van der Waals surface area contributed by atoms with Gasteiger partial charge in [0.15, 0.2) is 0 Å². The summed E-state index contributed by atoms with van der Waals surface area (Å²) in [4.78, 5) is 8.45. The van der Waals surface area contributed by atoms with Crippen molar-refractivity contribution in [3.63, 3.8) is 0 Å². The summed E-state index contributed by atoms with van der Waals surface area (Å²) in [5, 5.41) is 3.27. The topological polar surface area (TPSA) is 51.4 Å². The third kappa shape index (κ3) is 7.63. The van der Waals surface area contributed by atoms with Gasteiger partial charge in [0.1, 0.15) is 11.6 Å². The molecule has 1 aromatic rings. The molecule has 1 rings (SSSR count). The molecule has 0 saturated heterocycles. The van der Waals surface area contributed by atoms with Crippen molar-refractivity contribution in [1.82, 2.24) is 14.9 Å². The van der Waals surface area contributed by atoms with Crippen molar-refractivity contribution < 1.29 is 4.74 Å². The first-order valence-electron chi connectivity index (χ1n) is 8.07. The molecule has 0 atom stereocenters. The number of hydrogen-bond donors (Lipinski definition) is 1. The Morgan fingerprint density at radius 1 is 1.42 bits per heavy atom. The zero-order chi connectivity index (χ0) is 17.8. The molecule has 0 aliphatic carbocycles. The predicted octanol–water partition coefficient (Wildman–Crippen LogP) is 3.42. The molecule has 5 heteroatoms. The van der Waals surface area contributed by atoms with E-state index in [1.165, 1.54) is 0 Å². The summed E-state index contributed by atoms with van der Waals surface area (Å²) in [6.45, 7) is 9.61. The SMILES string of the molecule is C=C(/C=C(\C=C/Cn1cnc(C)c1)/C=C/C(=NC)NCCC)OC. The van der Waals surface area contributed by atoms with Crippen molar-refractivity contribution in [2.24, 2.45) is 4.99 Å². The predicted molar refractivity (Wildman–Crippen MR) is 101 cm³/mol. The van der Waals surface area contributed by atoms with Gasteiger partial charge in [-0.15, -0.1) is 0 Å². The van der Waals surface area contributed by atoms with Crippen LogP contribution in [0.1, 0.15) is 19.0 Å². The minimum absolute atomic E-state index is 0.606. The smallest absolute Gasteiger partial charge is 0.120 e. The maximum absolute atomic E-state index is 5.15. The highest BCUT2D eigenvalue weighted by atomic mass is 16.5. The van der Waals surface area contributed by atoms with Gasteiger partial charge in [0.2, 0.25) is 0 Å². The Labute approximate surface area is 145 Å². The van der Waals surface area contributed by atoms with E-state index in [1.54, 1.807) is 14.2 Å². The van der Waals surface area contributed by atoms with Gasteiger partial charge in [-0.25, -0.2) is 4.98 Å². The molecule has 0 amide bonds. The molecule has 0 aromatic carbocycles. The average molecular weight is 328 g/mol. The van der Waals surface area contributed by atoms with Gasteiger partial charge in [0.25, 0.3) is 0 Å². The summed E-state index contributed by atoms with van der Waals surface area (Å²) < 4.78 is 7.17. The number of rotatable bonds is 9. The van der Waals surface area contributed by atoms with E-state index in [-0.39, 0.29) is 0 Å². The molecular formula is C19H28N4O. The molecule has 5 nitrogen and oxygen atoms in total. The lowest BCUT2D eigenvalue weighted by molar-refractivity contribution is 0.308.